The number of nitrogens with zero attached hydrogens (tertiary/aromatic N) is 2. The smallest absolute Gasteiger partial charge is 0.155 e. The third-order valence-corrected chi connectivity index (χ3v) is 2.71. The average molecular weight is 188 g/mol. The summed E-state index contributed by atoms with van der Waals surface area (Å²) in [7, 11) is 0. The molecule has 4 nitrogen and oxygen atoms in total. The summed E-state index contributed by atoms with van der Waals surface area (Å²) >= 11 is 0. The number of fused-ring (bicyclic) bond motifs is 1. The third-order valence-electron chi connectivity index (χ3n) is 2.71. The van der Waals surface area contributed by atoms with Gasteiger partial charge in [0.2, 0.25) is 0 Å². The van der Waals surface area contributed by atoms with Crippen molar-refractivity contribution in [2.24, 2.45) is 0 Å². The molecule has 72 valence electrons. The Bertz CT molecular complexity index is 403. The number of rotatable bonds is 1. The van der Waals surface area contributed by atoms with Gasteiger partial charge in [-0.1, -0.05) is 0 Å². The number of imidazole rings is 1. The monoisotopic (exact) mass is 188 g/mol. The molecule has 0 unspecified atom stereocenters. The van der Waals surface area contributed by atoms with E-state index in [-0.39, 0.29) is 0 Å². The van der Waals surface area contributed by atoms with Gasteiger partial charge in [0.05, 0.1) is 5.69 Å². The molecule has 3 rings (SSSR count). The van der Waals surface area contributed by atoms with E-state index < -0.39 is 0 Å². The number of hydrogen-bond donors (Lipinski definition) is 2. The summed E-state index contributed by atoms with van der Waals surface area (Å²) in [5.41, 5.74) is 3.51. The lowest BCUT2D eigenvalue weighted by molar-refractivity contribution is 0.667. The number of aromatic amines is 2. The van der Waals surface area contributed by atoms with Crippen LogP contribution in [0.3, 0.4) is 0 Å². The van der Waals surface area contributed by atoms with Crippen LogP contribution in [0.5, 0.6) is 0 Å². The molecule has 1 aliphatic rings. The van der Waals surface area contributed by atoms with Crippen LogP contribution in [0.1, 0.15) is 24.2 Å². The molecule has 0 saturated heterocycles. The van der Waals surface area contributed by atoms with Crippen LogP contribution >= 0.6 is 0 Å². The molecular formula is C10H12N4. The lowest BCUT2D eigenvalue weighted by Gasteiger charge is -2.07. The van der Waals surface area contributed by atoms with E-state index in [9.17, 15) is 0 Å². The minimum atomic E-state index is 0.925. The van der Waals surface area contributed by atoms with E-state index in [1.54, 1.807) is 6.20 Å². The number of aromatic nitrogens is 4. The highest BCUT2D eigenvalue weighted by molar-refractivity contribution is 5.49. The van der Waals surface area contributed by atoms with Crippen LogP contribution in [0.2, 0.25) is 0 Å². The molecule has 0 fully saturated rings. The molecule has 4 heteroatoms. The van der Waals surface area contributed by atoms with Crippen LogP contribution < -0.4 is 0 Å². The predicted molar refractivity (Wildman–Crippen MR) is 52.8 cm³/mol. The molecule has 0 aliphatic heterocycles. The highest BCUT2D eigenvalue weighted by Gasteiger charge is 2.15. The van der Waals surface area contributed by atoms with Crippen molar-refractivity contribution >= 4 is 0 Å². The van der Waals surface area contributed by atoms with Gasteiger partial charge in [0.15, 0.2) is 5.82 Å². The Balaban J connectivity index is 2.04. The van der Waals surface area contributed by atoms with Crippen LogP contribution in [-0.2, 0) is 12.8 Å². The van der Waals surface area contributed by atoms with Gasteiger partial charge < -0.3 is 4.98 Å². The first-order chi connectivity index (χ1) is 6.93. The Hall–Kier alpha value is -1.58. The number of H-pyrrole nitrogens is 2. The van der Waals surface area contributed by atoms with Crippen molar-refractivity contribution in [3.05, 3.63) is 23.7 Å². The summed E-state index contributed by atoms with van der Waals surface area (Å²) in [5, 5.41) is 6.84. The maximum atomic E-state index is 4.57. The first-order valence-electron chi connectivity index (χ1n) is 5.01. The maximum Gasteiger partial charge on any atom is 0.155 e. The van der Waals surface area contributed by atoms with Crippen molar-refractivity contribution in [2.75, 3.05) is 0 Å². The summed E-state index contributed by atoms with van der Waals surface area (Å²) in [4.78, 5) is 7.92. The second kappa shape index (κ2) is 2.97. The van der Waals surface area contributed by atoms with Crippen molar-refractivity contribution in [1.29, 1.82) is 0 Å². The third kappa shape index (κ3) is 1.14. The van der Waals surface area contributed by atoms with Crippen LogP contribution in [0.15, 0.2) is 12.3 Å². The van der Waals surface area contributed by atoms with Crippen molar-refractivity contribution in [3.8, 4) is 11.5 Å². The zero-order valence-electron chi connectivity index (χ0n) is 7.88. The molecular weight excluding hydrogens is 176 g/mol. The maximum absolute atomic E-state index is 4.57. The van der Waals surface area contributed by atoms with Crippen molar-refractivity contribution in [1.82, 2.24) is 20.2 Å². The van der Waals surface area contributed by atoms with E-state index in [0.717, 1.165) is 24.4 Å². The minimum absolute atomic E-state index is 0.925. The molecule has 0 amide bonds. The van der Waals surface area contributed by atoms with E-state index in [2.05, 4.69) is 20.2 Å². The quantitative estimate of drug-likeness (QED) is 0.715. The van der Waals surface area contributed by atoms with Crippen molar-refractivity contribution in [3.63, 3.8) is 0 Å². The van der Waals surface area contributed by atoms with E-state index in [0.29, 0.717) is 0 Å². The van der Waals surface area contributed by atoms with E-state index in [1.165, 1.54) is 24.2 Å². The standard InChI is InChI=1S/C10H12N4/c1-2-4-8-7(3-1)12-10(13-8)9-5-6-11-14-9/h5-6H,1-4H2,(H,11,14)(H,12,13). The second-order valence-corrected chi connectivity index (χ2v) is 3.69. The number of hydrogen-bond acceptors (Lipinski definition) is 2. The largest absolute Gasteiger partial charge is 0.340 e. The molecule has 0 atom stereocenters. The summed E-state index contributed by atoms with van der Waals surface area (Å²) < 4.78 is 0. The first-order valence-corrected chi connectivity index (χ1v) is 5.01. The van der Waals surface area contributed by atoms with Gasteiger partial charge in [-0.3, -0.25) is 5.10 Å². The molecule has 2 N–H and O–H groups in total. The summed E-state index contributed by atoms with van der Waals surface area (Å²) in [5.74, 6) is 0.925. The molecule has 0 radical (unpaired) electrons. The van der Waals surface area contributed by atoms with Gasteiger partial charge in [-0.15, -0.1) is 0 Å². The molecule has 0 aromatic carbocycles. The highest BCUT2D eigenvalue weighted by Crippen LogP contribution is 2.22. The molecule has 1 aliphatic carbocycles. The minimum Gasteiger partial charge on any atom is -0.340 e. The second-order valence-electron chi connectivity index (χ2n) is 3.69. The molecule has 14 heavy (non-hydrogen) atoms. The molecule has 0 spiro atoms. The van der Waals surface area contributed by atoms with Gasteiger partial charge >= 0.3 is 0 Å². The fraction of sp³-hybridized carbons (Fsp3) is 0.400. The fourth-order valence-corrected chi connectivity index (χ4v) is 1.97. The SMILES string of the molecule is c1cc(-c2nc3c([nH]2)CCCC3)[nH]n1. The Labute approximate surface area is 81.8 Å². The normalized spacial score (nSPS) is 15.4. The summed E-state index contributed by atoms with van der Waals surface area (Å²) in [6, 6.07) is 1.93. The summed E-state index contributed by atoms with van der Waals surface area (Å²) in [6.45, 7) is 0. The van der Waals surface area contributed by atoms with Gasteiger partial charge in [0, 0.05) is 11.9 Å². The van der Waals surface area contributed by atoms with Crippen LogP contribution in [-0.4, -0.2) is 20.2 Å². The molecule has 0 saturated carbocycles. The molecule has 2 heterocycles. The zero-order chi connectivity index (χ0) is 9.38. The Morgan fingerprint density at radius 2 is 2.14 bits per heavy atom. The fourth-order valence-electron chi connectivity index (χ4n) is 1.97. The van der Waals surface area contributed by atoms with Gasteiger partial charge in [0.25, 0.3) is 0 Å². The van der Waals surface area contributed by atoms with Crippen molar-refractivity contribution in [2.45, 2.75) is 25.7 Å². The van der Waals surface area contributed by atoms with Crippen LogP contribution in [0, 0.1) is 0 Å². The van der Waals surface area contributed by atoms with Crippen LogP contribution in [0.4, 0.5) is 0 Å². The van der Waals surface area contributed by atoms with Gasteiger partial charge in [-0.25, -0.2) is 4.98 Å². The highest BCUT2D eigenvalue weighted by atomic mass is 15.1. The number of aryl methyl sites for hydroxylation is 2. The average Bonchev–Trinajstić information content (AvgIpc) is 2.86. The van der Waals surface area contributed by atoms with Gasteiger partial charge in [0.1, 0.15) is 5.69 Å². The molecule has 2 aromatic rings. The van der Waals surface area contributed by atoms with E-state index in [1.807, 2.05) is 6.07 Å². The van der Waals surface area contributed by atoms with Gasteiger partial charge in [-0.2, -0.15) is 5.10 Å². The van der Waals surface area contributed by atoms with E-state index in [4.69, 9.17) is 0 Å². The molecule has 0 bridgehead atoms. The lowest BCUT2D eigenvalue weighted by Crippen LogP contribution is -2.00. The Morgan fingerprint density at radius 3 is 2.93 bits per heavy atom. The van der Waals surface area contributed by atoms with Gasteiger partial charge in [-0.05, 0) is 31.7 Å². The van der Waals surface area contributed by atoms with Crippen LogP contribution in [0.25, 0.3) is 11.5 Å². The zero-order valence-corrected chi connectivity index (χ0v) is 7.88. The number of nitrogens with one attached hydrogen (secondary N) is 2. The first kappa shape index (κ1) is 7.79. The lowest BCUT2D eigenvalue weighted by atomic mass is 10.0. The van der Waals surface area contributed by atoms with Crippen molar-refractivity contribution < 1.29 is 0 Å². The summed E-state index contributed by atoms with van der Waals surface area (Å²) in [6.07, 6.45) is 6.53. The van der Waals surface area contributed by atoms with E-state index >= 15 is 0 Å². The Morgan fingerprint density at radius 1 is 1.21 bits per heavy atom. The topological polar surface area (TPSA) is 57.4 Å². The Kier molecular flexibility index (Phi) is 1.65. The molecule has 2 aromatic heterocycles. The predicted octanol–water partition coefficient (Wildman–Crippen LogP) is 1.68.